The van der Waals surface area contributed by atoms with Gasteiger partial charge in [-0.25, -0.2) is 4.79 Å². The molecule has 0 saturated carbocycles. The van der Waals surface area contributed by atoms with Crippen molar-refractivity contribution in [3.63, 3.8) is 0 Å². The molecule has 4 nitrogen and oxygen atoms in total. The smallest absolute Gasteiger partial charge is 0.330 e. The fourth-order valence-electron chi connectivity index (χ4n) is 2.72. The van der Waals surface area contributed by atoms with Gasteiger partial charge in [0, 0.05) is 34.8 Å². The Bertz CT molecular complexity index is 684. The number of nitrogens with zero attached hydrogens (tertiary/aromatic N) is 2. The molecule has 0 aliphatic carbocycles. The van der Waals surface area contributed by atoms with Gasteiger partial charge in [-0.05, 0) is 46.1 Å². The lowest BCUT2D eigenvalue weighted by Crippen LogP contribution is -2.15. The van der Waals surface area contributed by atoms with Crippen molar-refractivity contribution in [2.45, 2.75) is 19.9 Å². The van der Waals surface area contributed by atoms with E-state index in [9.17, 15) is 4.79 Å². The van der Waals surface area contributed by atoms with E-state index >= 15 is 0 Å². The molecule has 0 N–H and O–H groups in total. The fourth-order valence-corrected chi connectivity index (χ4v) is 2.72. The molecular formula is C18H24N2O2. The molecule has 2 aromatic rings. The van der Waals surface area contributed by atoms with Gasteiger partial charge in [0.1, 0.15) is 0 Å². The van der Waals surface area contributed by atoms with Crippen LogP contribution in [0.3, 0.4) is 0 Å². The number of hydrogen-bond donors (Lipinski definition) is 0. The highest BCUT2D eigenvalue weighted by molar-refractivity contribution is 5.95. The summed E-state index contributed by atoms with van der Waals surface area (Å²) in [6.45, 7) is 4.13. The van der Waals surface area contributed by atoms with Crippen LogP contribution in [0.15, 0.2) is 30.3 Å². The van der Waals surface area contributed by atoms with E-state index in [0.29, 0.717) is 0 Å². The van der Waals surface area contributed by atoms with Crippen LogP contribution >= 0.6 is 0 Å². The maximum absolute atomic E-state index is 11.4. The molecule has 0 bridgehead atoms. The molecule has 0 spiro atoms. The molecule has 0 aliphatic heterocycles. The molecule has 0 radical (unpaired) electrons. The fraction of sp³-hybridized carbons (Fsp3) is 0.389. The van der Waals surface area contributed by atoms with Crippen LogP contribution in [-0.4, -0.2) is 43.2 Å². The summed E-state index contributed by atoms with van der Waals surface area (Å²) in [5, 5.41) is 1.17. The summed E-state index contributed by atoms with van der Waals surface area (Å²) < 4.78 is 7.01. The van der Waals surface area contributed by atoms with E-state index in [0.717, 1.165) is 25.1 Å². The zero-order chi connectivity index (χ0) is 16.1. The third-order valence-electron chi connectivity index (χ3n) is 3.85. The van der Waals surface area contributed by atoms with Crippen molar-refractivity contribution in [2.75, 3.05) is 27.7 Å². The second-order valence-corrected chi connectivity index (χ2v) is 5.68. The van der Waals surface area contributed by atoms with Crippen LogP contribution < -0.4 is 0 Å². The molecule has 1 aromatic carbocycles. The minimum absolute atomic E-state index is 0.330. The lowest BCUT2D eigenvalue weighted by molar-refractivity contribution is -0.134. The SMILES string of the molecule is COC(=O)/C=C/c1c(C)n(CCCN(C)C)c2ccccc12. The largest absolute Gasteiger partial charge is 0.466 e. The number of carbonyl (C=O) groups excluding carboxylic acids is 1. The van der Waals surface area contributed by atoms with E-state index < -0.39 is 0 Å². The zero-order valence-electron chi connectivity index (χ0n) is 13.8. The van der Waals surface area contributed by atoms with Crippen molar-refractivity contribution < 1.29 is 9.53 Å². The van der Waals surface area contributed by atoms with Crippen molar-refractivity contribution in [3.8, 4) is 0 Å². The second-order valence-electron chi connectivity index (χ2n) is 5.68. The van der Waals surface area contributed by atoms with Gasteiger partial charge in [0.05, 0.1) is 7.11 Å². The van der Waals surface area contributed by atoms with E-state index in [-0.39, 0.29) is 5.97 Å². The van der Waals surface area contributed by atoms with Crippen LogP contribution in [0.4, 0.5) is 0 Å². The minimum atomic E-state index is -0.330. The maximum atomic E-state index is 11.4. The van der Waals surface area contributed by atoms with Crippen LogP contribution in [0.5, 0.6) is 0 Å². The molecule has 1 aromatic heterocycles. The number of methoxy groups -OCH3 is 1. The predicted molar refractivity (Wildman–Crippen MR) is 90.9 cm³/mol. The lowest BCUT2D eigenvalue weighted by Gasteiger charge is -2.12. The van der Waals surface area contributed by atoms with E-state index in [4.69, 9.17) is 0 Å². The predicted octanol–water partition coefficient (Wildman–Crippen LogP) is 3.09. The highest BCUT2D eigenvalue weighted by Gasteiger charge is 2.11. The number of ether oxygens (including phenoxy) is 1. The van der Waals surface area contributed by atoms with Crippen LogP contribution in [-0.2, 0) is 16.1 Å². The Labute approximate surface area is 132 Å². The van der Waals surface area contributed by atoms with E-state index in [2.05, 4.69) is 53.4 Å². The summed E-state index contributed by atoms with van der Waals surface area (Å²) in [7, 11) is 5.57. The first-order chi connectivity index (χ1) is 10.5. The third-order valence-corrected chi connectivity index (χ3v) is 3.85. The molecule has 0 saturated heterocycles. The molecule has 2 rings (SSSR count). The molecule has 0 aliphatic rings. The summed E-state index contributed by atoms with van der Waals surface area (Å²) in [5.41, 5.74) is 3.48. The standard InChI is InChI=1S/C18H24N2O2/c1-14-15(10-11-18(21)22-4)16-8-5-6-9-17(16)20(14)13-7-12-19(2)3/h5-6,8-11H,7,12-13H2,1-4H3/b11-10+. The minimum Gasteiger partial charge on any atom is -0.466 e. The number of fused-ring (bicyclic) bond motifs is 1. The molecule has 0 atom stereocenters. The van der Waals surface area contributed by atoms with Crippen LogP contribution in [0.2, 0.25) is 0 Å². The van der Waals surface area contributed by atoms with Crippen molar-refractivity contribution in [3.05, 3.63) is 41.6 Å². The van der Waals surface area contributed by atoms with Gasteiger partial charge in [0.25, 0.3) is 0 Å². The summed E-state index contributed by atoms with van der Waals surface area (Å²) in [6, 6.07) is 8.31. The number of aromatic nitrogens is 1. The number of esters is 1. The van der Waals surface area contributed by atoms with Crippen LogP contribution in [0.25, 0.3) is 17.0 Å². The Morgan fingerprint density at radius 3 is 2.73 bits per heavy atom. The number of hydrogen-bond acceptors (Lipinski definition) is 3. The number of para-hydroxylation sites is 1. The Morgan fingerprint density at radius 1 is 1.32 bits per heavy atom. The molecule has 0 unspecified atom stereocenters. The van der Waals surface area contributed by atoms with Gasteiger partial charge in [-0.15, -0.1) is 0 Å². The Kier molecular flexibility index (Phi) is 5.39. The van der Waals surface area contributed by atoms with Crippen molar-refractivity contribution in [1.82, 2.24) is 9.47 Å². The second kappa shape index (κ2) is 7.27. The van der Waals surface area contributed by atoms with Crippen LogP contribution in [0.1, 0.15) is 17.7 Å². The highest BCUT2D eigenvalue weighted by Crippen LogP contribution is 2.27. The molecule has 118 valence electrons. The first-order valence-electron chi connectivity index (χ1n) is 7.53. The molecule has 0 fully saturated rings. The van der Waals surface area contributed by atoms with Gasteiger partial charge in [0.15, 0.2) is 0 Å². The number of carbonyl (C=O) groups is 1. The van der Waals surface area contributed by atoms with E-state index in [1.54, 1.807) is 0 Å². The average Bonchev–Trinajstić information content (AvgIpc) is 2.77. The summed E-state index contributed by atoms with van der Waals surface area (Å²) in [4.78, 5) is 13.6. The van der Waals surface area contributed by atoms with Crippen molar-refractivity contribution in [1.29, 1.82) is 0 Å². The first kappa shape index (κ1) is 16.3. The van der Waals surface area contributed by atoms with Gasteiger partial charge in [-0.2, -0.15) is 0 Å². The van der Waals surface area contributed by atoms with Gasteiger partial charge in [-0.1, -0.05) is 18.2 Å². The summed E-state index contributed by atoms with van der Waals surface area (Å²) in [6.07, 6.45) is 4.43. The van der Waals surface area contributed by atoms with Gasteiger partial charge < -0.3 is 14.2 Å². The van der Waals surface area contributed by atoms with Gasteiger partial charge >= 0.3 is 5.97 Å². The number of aryl methyl sites for hydroxylation is 1. The van der Waals surface area contributed by atoms with E-state index in [1.807, 2.05) is 12.1 Å². The Balaban J connectivity index is 2.38. The molecule has 22 heavy (non-hydrogen) atoms. The first-order valence-corrected chi connectivity index (χ1v) is 7.53. The highest BCUT2D eigenvalue weighted by atomic mass is 16.5. The number of benzene rings is 1. The molecule has 4 heteroatoms. The molecule has 1 heterocycles. The quantitative estimate of drug-likeness (QED) is 0.607. The third kappa shape index (κ3) is 3.57. The van der Waals surface area contributed by atoms with Crippen molar-refractivity contribution >= 4 is 22.9 Å². The summed E-state index contributed by atoms with van der Waals surface area (Å²) >= 11 is 0. The van der Waals surface area contributed by atoms with Gasteiger partial charge in [0.2, 0.25) is 0 Å². The zero-order valence-corrected chi connectivity index (χ0v) is 13.8. The lowest BCUT2D eigenvalue weighted by atomic mass is 10.1. The normalized spacial score (nSPS) is 11.7. The Hall–Kier alpha value is -2.07. The van der Waals surface area contributed by atoms with E-state index in [1.165, 1.54) is 29.8 Å². The van der Waals surface area contributed by atoms with Crippen LogP contribution in [0, 0.1) is 6.92 Å². The molecular weight excluding hydrogens is 276 g/mol. The summed E-state index contributed by atoms with van der Waals surface area (Å²) in [5.74, 6) is -0.330. The van der Waals surface area contributed by atoms with Gasteiger partial charge in [-0.3, -0.25) is 0 Å². The number of rotatable bonds is 6. The monoisotopic (exact) mass is 300 g/mol. The molecule has 0 amide bonds. The average molecular weight is 300 g/mol. The Morgan fingerprint density at radius 2 is 2.05 bits per heavy atom. The van der Waals surface area contributed by atoms with Crippen molar-refractivity contribution in [2.24, 2.45) is 0 Å². The maximum Gasteiger partial charge on any atom is 0.330 e. The topological polar surface area (TPSA) is 34.5 Å².